The molecular formula is C84H164O17P2. The summed E-state index contributed by atoms with van der Waals surface area (Å²) in [5.41, 5.74) is 0. The van der Waals surface area contributed by atoms with Gasteiger partial charge in [-0.25, -0.2) is 9.13 Å². The molecule has 0 saturated heterocycles. The summed E-state index contributed by atoms with van der Waals surface area (Å²) in [6, 6.07) is 0. The molecule has 17 nitrogen and oxygen atoms in total. The van der Waals surface area contributed by atoms with Crippen molar-refractivity contribution < 1.29 is 80.2 Å². The van der Waals surface area contributed by atoms with Gasteiger partial charge in [0.1, 0.15) is 19.3 Å². The largest absolute Gasteiger partial charge is 0.472 e. The summed E-state index contributed by atoms with van der Waals surface area (Å²) in [4.78, 5) is 73.1. The van der Waals surface area contributed by atoms with Gasteiger partial charge in [-0.15, -0.1) is 0 Å². The van der Waals surface area contributed by atoms with Crippen LogP contribution in [-0.2, 0) is 65.4 Å². The van der Waals surface area contributed by atoms with Crippen LogP contribution in [-0.4, -0.2) is 96.7 Å². The standard InChI is InChI=1S/C84H164O17P2/c1-74(2)60-52-44-36-30-24-18-12-9-10-14-22-28-34-40-50-58-67-84(89)101-80(71-95-82(87)65-57-49-43-42-47-55-63-77(7)8)73-99-103(92,93)97-69-78(85)68-96-102(90,91)98-72-79(100-83(88)66-59-51-41-35-29-23-17-16-20-26-32-38-46-54-62-76(5)6)70-94-81(86)64-56-48-39-33-27-21-15-11-13-19-25-31-37-45-53-61-75(3)4/h74-80,85H,9-73H2,1-8H3,(H,90,91)(H,92,93)/t78?,79-,80-/m1/s1. The van der Waals surface area contributed by atoms with Gasteiger partial charge in [0.25, 0.3) is 0 Å². The van der Waals surface area contributed by atoms with Crippen LogP contribution in [0.5, 0.6) is 0 Å². The normalized spacial score (nSPS) is 14.0. The Morgan fingerprint density at radius 1 is 0.243 bits per heavy atom. The second-order valence-corrected chi connectivity index (χ2v) is 35.0. The number of carbonyl (C=O) groups is 4. The number of phosphoric acid groups is 2. The second kappa shape index (κ2) is 72.9. The predicted molar refractivity (Wildman–Crippen MR) is 423 cm³/mol. The van der Waals surface area contributed by atoms with Crippen LogP contribution in [0.25, 0.3) is 0 Å². The number of esters is 4. The molecule has 5 atom stereocenters. The van der Waals surface area contributed by atoms with Crippen molar-refractivity contribution in [2.75, 3.05) is 39.6 Å². The lowest BCUT2D eigenvalue weighted by Crippen LogP contribution is -2.30. The molecular weight excluding hydrogens is 1340 g/mol. The van der Waals surface area contributed by atoms with Gasteiger partial charge in [-0.05, 0) is 49.4 Å². The van der Waals surface area contributed by atoms with Gasteiger partial charge < -0.3 is 33.8 Å². The number of hydrogen-bond donors (Lipinski definition) is 3. The van der Waals surface area contributed by atoms with E-state index in [1.165, 1.54) is 231 Å². The number of phosphoric ester groups is 2. The number of rotatable bonds is 81. The molecule has 103 heavy (non-hydrogen) atoms. The SMILES string of the molecule is CC(C)CCCCCCCCCCCCCCCCCCC(=O)O[C@H](COC(=O)CCCCCCCCC(C)C)COP(=O)(O)OCC(O)COP(=O)(O)OC[C@@H](COC(=O)CCCCCCCCCCCCCCCCCC(C)C)OC(=O)CCCCCCCCCCCCCCCCC(C)C. The zero-order chi connectivity index (χ0) is 76.0. The molecule has 19 heteroatoms. The maximum Gasteiger partial charge on any atom is 0.472 e. The van der Waals surface area contributed by atoms with Crippen LogP contribution in [0.15, 0.2) is 0 Å². The molecule has 0 aliphatic heterocycles. The van der Waals surface area contributed by atoms with Gasteiger partial charge in [-0.1, -0.05) is 383 Å². The maximum atomic E-state index is 13.1. The van der Waals surface area contributed by atoms with Gasteiger partial charge in [0, 0.05) is 25.7 Å². The molecule has 0 aromatic rings. The van der Waals surface area contributed by atoms with E-state index in [4.69, 9.17) is 37.0 Å². The first-order chi connectivity index (χ1) is 49.6. The number of carbonyl (C=O) groups excluding carboxylic acids is 4. The molecule has 0 fully saturated rings. The van der Waals surface area contributed by atoms with Gasteiger partial charge in [0.2, 0.25) is 0 Å². The van der Waals surface area contributed by atoms with Gasteiger partial charge in [-0.2, -0.15) is 0 Å². The lowest BCUT2D eigenvalue weighted by Gasteiger charge is -2.21. The quantitative estimate of drug-likeness (QED) is 0.0222. The fraction of sp³-hybridized carbons (Fsp3) is 0.952. The van der Waals surface area contributed by atoms with Crippen LogP contribution in [0.4, 0.5) is 0 Å². The minimum Gasteiger partial charge on any atom is -0.462 e. The Morgan fingerprint density at radius 2 is 0.408 bits per heavy atom. The Morgan fingerprint density at radius 3 is 0.602 bits per heavy atom. The molecule has 0 radical (unpaired) electrons. The van der Waals surface area contributed by atoms with E-state index in [2.05, 4.69) is 55.4 Å². The van der Waals surface area contributed by atoms with Crippen molar-refractivity contribution in [3.05, 3.63) is 0 Å². The highest BCUT2D eigenvalue weighted by Crippen LogP contribution is 2.45. The Labute approximate surface area is 632 Å². The van der Waals surface area contributed by atoms with Crippen LogP contribution >= 0.6 is 15.6 Å². The van der Waals surface area contributed by atoms with E-state index >= 15 is 0 Å². The maximum absolute atomic E-state index is 13.1. The van der Waals surface area contributed by atoms with Crippen LogP contribution in [0, 0.1) is 23.7 Å². The van der Waals surface area contributed by atoms with Crippen molar-refractivity contribution in [2.24, 2.45) is 23.7 Å². The number of unbranched alkanes of at least 4 members (excludes halogenated alkanes) is 47. The minimum atomic E-state index is -4.96. The zero-order valence-corrected chi connectivity index (χ0v) is 69.7. The van der Waals surface area contributed by atoms with Crippen LogP contribution in [0.2, 0.25) is 0 Å². The summed E-state index contributed by atoms with van der Waals surface area (Å²) in [6.07, 6.45) is 61.2. The van der Waals surface area contributed by atoms with Crippen LogP contribution in [0.3, 0.4) is 0 Å². The molecule has 0 heterocycles. The third kappa shape index (κ3) is 78.0. The lowest BCUT2D eigenvalue weighted by atomic mass is 10.0. The van der Waals surface area contributed by atoms with Crippen molar-refractivity contribution in [3.63, 3.8) is 0 Å². The number of aliphatic hydroxyl groups excluding tert-OH is 1. The molecule has 0 bridgehead atoms. The highest BCUT2D eigenvalue weighted by Gasteiger charge is 2.30. The van der Waals surface area contributed by atoms with Gasteiger partial charge in [0.15, 0.2) is 12.2 Å². The molecule has 0 aliphatic rings. The molecule has 0 aromatic heterocycles. The van der Waals surface area contributed by atoms with Crippen LogP contribution < -0.4 is 0 Å². The molecule has 612 valence electrons. The summed E-state index contributed by atoms with van der Waals surface area (Å²) in [5, 5.41) is 10.7. The van der Waals surface area contributed by atoms with Crippen molar-refractivity contribution in [2.45, 2.75) is 453 Å². The predicted octanol–water partition coefficient (Wildman–Crippen LogP) is 25.2. The number of ether oxygens (including phenoxy) is 4. The fourth-order valence-electron chi connectivity index (χ4n) is 13.0. The summed E-state index contributed by atoms with van der Waals surface area (Å²) in [6.45, 7) is 14.3. The zero-order valence-electron chi connectivity index (χ0n) is 68.0. The third-order valence-electron chi connectivity index (χ3n) is 19.6. The third-order valence-corrected chi connectivity index (χ3v) is 21.5. The van der Waals surface area contributed by atoms with E-state index in [0.29, 0.717) is 31.6 Å². The first-order valence-electron chi connectivity index (χ1n) is 43.2. The highest BCUT2D eigenvalue weighted by atomic mass is 31.2. The van der Waals surface area contributed by atoms with Gasteiger partial charge in [-0.3, -0.25) is 37.3 Å². The highest BCUT2D eigenvalue weighted by molar-refractivity contribution is 7.47. The second-order valence-electron chi connectivity index (χ2n) is 32.1. The van der Waals surface area contributed by atoms with Crippen molar-refractivity contribution in [1.82, 2.24) is 0 Å². The van der Waals surface area contributed by atoms with Crippen molar-refractivity contribution in [3.8, 4) is 0 Å². The molecule has 3 N–H and O–H groups in total. The van der Waals surface area contributed by atoms with Crippen molar-refractivity contribution in [1.29, 1.82) is 0 Å². The number of hydrogen-bond acceptors (Lipinski definition) is 15. The van der Waals surface area contributed by atoms with E-state index in [0.717, 1.165) is 114 Å². The first kappa shape index (κ1) is 101. The lowest BCUT2D eigenvalue weighted by molar-refractivity contribution is -0.161. The first-order valence-corrected chi connectivity index (χ1v) is 46.2. The topological polar surface area (TPSA) is 237 Å². The molecule has 0 aliphatic carbocycles. The molecule has 0 rings (SSSR count). The van der Waals surface area contributed by atoms with Crippen LogP contribution in [0.1, 0.15) is 434 Å². The Kier molecular flexibility index (Phi) is 71.5. The summed E-state index contributed by atoms with van der Waals surface area (Å²) < 4.78 is 68.8. The van der Waals surface area contributed by atoms with Gasteiger partial charge >= 0.3 is 39.5 Å². The van der Waals surface area contributed by atoms with E-state index < -0.39 is 97.5 Å². The molecule has 0 saturated carbocycles. The summed E-state index contributed by atoms with van der Waals surface area (Å²) in [5.74, 6) is 0.978. The van der Waals surface area contributed by atoms with Crippen molar-refractivity contribution >= 4 is 39.5 Å². The monoisotopic (exact) mass is 1510 g/mol. The van der Waals surface area contributed by atoms with Gasteiger partial charge in [0.05, 0.1) is 26.4 Å². The Balaban J connectivity index is 5.21. The van der Waals surface area contributed by atoms with E-state index in [-0.39, 0.29) is 25.7 Å². The van der Waals surface area contributed by atoms with E-state index in [9.17, 15) is 43.2 Å². The molecule has 3 unspecified atom stereocenters. The fourth-order valence-corrected chi connectivity index (χ4v) is 14.5. The smallest absolute Gasteiger partial charge is 0.462 e. The Bertz CT molecular complexity index is 2010. The van der Waals surface area contributed by atoms with E-state index in [1.807, 2.05) is 0 Å². The average molecular weight is 1510 g/mol. The number of aliphatic hydroxyl groups is 1. The summed E-state index contributed by atoms with van der Waals surface area (Å²) >= 11 is 0. The average Bonchev–Trinajstić information content (AvgIpc) is 0.916. The molecule has 0 spiro atoms. The minimum absolute atomic E-state index is 0.107. The molecule has 0 amide bonds. The molecule has 0 aromatic carbocycles. The summed E-state index contributed by atoms with van der Waals surface area (Å²) in [7, 11) is -9.93. The Hall–Kier alpha value is -1.94. The van der Waals surface area contributed by atoms with E-state index in [1.54, 1.807) is 0 Å².